The Morgan fingerprint density at radius 2 is 2.04 bits per heavy atom. The summed E-state index contributed by atoms with van der Waals surface area (Å²) in [5, 5.41) is 9.12. The Kier molecular flexibility index (Phi) is 3.73. The number of carboxylic acids is 1. The van der Waals surface area contributed by atoms with Crippen molar-refractivity contribution in [2.45, 2.75) is 0 Å². The standard InChI is InChI=1S/C17H12F2O4/c1-22-14-5-3-12(18)16(19)15(14)10-6-7-23-13-4-2-9(17(20)21)8-11(10)13/h2-6,8H,7H2,1H3,(H,20,21). The first-order valence-electron chi connectivity index (χ1n) is 6.76. The number of hydrogen-bond donors (Lipinski definition) is 1. The molecule has 0 saturated heterocycles. The molecule has 4 nitrogen and oxygen atoms in total. The van der Waals surface area contributed by atoms with Gasteiger partial charge in [-0.2, -0.15) is 0 Å². The topological polar surface area (TPSA) is 55.8 Å². The van der Waals surface area contributed by atoms with E-state index in [-0.39, 0.29) is 23.5 Å². The van der Waals surface area contributed by atoms with Gasteiger partial charge in [-0.1, -0.05) is 0 Å². The van der Waals surface area contributed by atoms with Crippen molar-refractivity contribution in [2.75, 3.05) is 13.7 Å². The first kappa shape index (κ1) is 15.0. The number of hydrogen-bond acceptors (Lipinski definition) is 3. The zero-order valence-corrected chi connectivity index (χ0v) is 12.1. The highest BCUT2D eigenvalue weighted by molar-refractivity contribution is 5.93. The molecule has 1 aliphatic rings. The summed E-state index contributed by atoms with van der Waals surface area (Å²) in [6.45, 7) is 0.161. The van der Waals surface area contributed by atoms with Crippen molar-refractivity contribution < 1.29 is 28.2 Å². The zero-order valence-electron chi connectivity index (χ0n) is 12.1. The third-order valence-corrected chi connectivity index (χ3v) is 3.59. The number of ether oxygens (including phenoxy) is 2. The van der Waals surface area contributed by atoms with Gasteiger partial charge in [0.2, 0.25) is 0 Å². The summed E-state index contributed by atoms with van der Waals surface area (Å²) in [4.78, 5) is 11.2. The molecule has 2 aromatic carbocycles. The van der Waals surface area contributed by atoms with E-state index in [0.717, 1.165) is 6.07 Å². The number of benzene rings is 2. The average Bonchev–Trinajstić information content (AvgIpc) is 2.56. The van der Waals surface area contributed by atoms with Gasteiger partial charge in [-0.3, -0.25) is 0 Å². The minimum atomic E-state index is -1.12. The average molecular weight is 318 g/mol. The number of halogens is 2. The van der Waals surface area contributed by atoms with Crippen molar-refractivity contribution in [3.63, 3.8) is 0 Å². The van der Waals surface area contributed by atoms with Crippen LogP contribution in [-0.4, -0.2) is 24.8 Å². The van der Waals surface area contributed by atoms with Crippen molar-refractivity contribution in [3.05, 3.63) is 64.7 Å². The van der Waals surface area contributed by atoms with Crippen LogP contribution in [0.15, 0.2) is 36.4 Å². The maximum atomic E-state index is 14.3. The molecule has 0 saturated carbocycles. The minimum absolute atomic E-state index is 0.0240. The molecule has 0 radical (unpaired) electrons. The van der Waals surface area contributed by atoms with Crippen LogP contribution in [0.1, 0.15) is 21.5 Å². The number of carboxylic acid groups (broad SMARTS) is 1. The summed E-state index contributed by atoms with van der Waals surface area (Å²) >= 11 is 0. The van der Waals surface area contributed by atoms with E-state index in [4.69, 9.17) is 14.6 Å². The molecule has 1 aliphatic heterocycles. The monoisotopic (exact) mass is 318 g/mol. The predicted octanol–water partition coefficient (Wildman–Crippen LogP) is 3.50. The molecule has 3 rings (SSSR count). The highest BCUT2D eigenvalue weighted by Crippen LogP contribution is 2.40. The molecule has 2 aromatic rings. The van der Waals surface area contributed by atoms with Gasteiger partial charge in [0.1, 0.15) is 18.1 Å². The quantitative estimate of drug-likeness (QED) is 0.941. The lowest BCUT2D eigenvalue weighted by Crippen LogP contribution is -2.09. The fourth-order valence-electron chi connectivity index (χ4n) is 2.51. The normalized spacial score (nSPS) is 12.9. The lowest BCUT2D eigenvalue weighted by atomic mass is 9.93. The van der Waals surface area contributed by atoms with Crippen LogP contribution < -0.4 is 9.47 Å². The molecule has 23 heavy (non-hydrogen) atoms. The fourth-order valence-corrected chi connectivity index (χ4v) is 2.51. The summed E-state index contributed by atoms with van der Waals surface area (Å²) in [6, 6.07) is 6.56. The van der Waals surface area contributed by atoms with Gasteiger partial charge in [-0.25, -0.2) is 13.6 Å². The van der Waals surface area contributed by atoms with Crippen molar-refractivity contribution in [1.82, 2.24) is 0 Å². The van der Waals surface area contributed by atoms with E-state index >= 15 is 0 Å². The summed E-state index contributed by atoms with van der Waals surface area (Å²) in [6.07, 6.45) is 1.56. The molecular weight excluding hydrogens is 306 g/mol. The second-order valence-electron chi connectivity index (χ2n) is 4.88. The molecule has 0 bridgehead atoms. The van der Waals surface area contributed by atoms with E-state index in [9.17, 15) is 13.6 Å². The first-order chi connectivity index (χ1) is 11.0. The van der Waals surface area contributed by atoms with Crippen LogP contribution in [0.3, 0.4) is 0 Å². The fraction of sp³-hybridized carbons (Fsp3) is 0.118. The number of carbonyl (C=O) groups is 1. The second-order valence-corrected chi connectivity index (χ2v) is 4.88. The van der Waals surface area contributed by atoms with Crippen molar-refractivity contribution in [1.29, 1.82) is 0 Å². The largest absolute Gasteiger partial charge is 0.496 e. The molecule has 0 aliphatic carbocycles. The van der Waals surface area contributed by atoms with E-state index in [1.165, 1.54) is 31.4 Å². The van der Waals surface area contributed by atoms with E-state index in [2.05, 4.69) is 0 Å². The van der Waals surface area contributed by atoms with Crippen LogP contribution >= 0.6 is 0 Å². The number of aromatic carboxylic acids is 1. The van der Waals surface area contributed by atoms with Gasteiger partial charge in [0.25, 0.3) is 0 Å². The van der Waals surface area contributed by atoms with Gasteiger partial charge in [0, 0.05) is 5.56 Å². The van der Waals surface area contributed by atoms with Gasteiger partial charge < -0.3 is 14.6 Å². The predicted molar refractivity (Wildman–Crippen MR) is 78.9 cm³/mol. The third kappa shape index (κ3) is 2.52. The Morgan fingerprint density at radius 1 is 1.26 bits per heavy atom. The lowest BCUT2D eigenvalue weighted by Gasteiger charge is -2.21. The van der Waals surface area contributed by atoms with Crippen LogP contribution in [0, 0.1) is 11.6 Å². The van der Waals surface area contributed by atoms with Crippen molar-refractivity contribution >= 4 is 11.5 Å². The first-order valence-corrected chi connectivity index (χ1v) is 6.76. The van der Waals surface area contributed by atoms with Gasteiger partial charge in [-0.15, -0.1) is 0 Å². The summed E-state index contributed by atoms with van der Waals surface area (Å²) in [5.74, 6) is -2.63. The van der Waals surface area contributed by atoms with Gasteiger partial charge in [-0.05, 0) is 42.0 Å². The van der Waals surface area contributed by atoms with Crippen LogP contribution in [0.4, 0.5) is 8.78 Å². The summed E-state index contributed by atoms with van der Waals surface area (Å²) in [7, 11) is 1.35. The SMILES string of the molecule is COc1ccc(F)c(F)c1C1=CCOc2ccc(C(=O)O)cc21. The van der Waals surface area contributed by atoms with Gasteiger partial charge in [0.15, 0.2) is 11.6 Å². The molecule has 0 unspecified atom stereocenters. The Labute approximate surface area is 130 Å². The summed E-state index contributed by atoms with van der Waals surface area (Å²) in [5.41, 5.74) is 0.678. The molecule has 1 N–H and O–H groups in total. The molecular formula is C17H12F2O4. The Balaban J connectivity index is 2.24. The maximum Gasteiger partial charge on any atom is 0.335 e. The molecule has 0 fully saturated rings. The van der Waals surface area contributed by atoms with Crippen LogP contribution in [-0.2, 0) is 0 Å². The maximum absolute atomic E-state index is 14.3. The highest BCUT2D eigenvalue weighted by atomic mass is 19.2. The van der Waals surface area contributed by atoms with E-state index in [1.54, 1.807) is 6.08 Å². The molecule has 0 spiro atoms. The molecule has 0 aromatic heterocycles. The van der Waals surface area contributed by atoms with Gasteiger partial charge in [0.05, 0.1) is 18.2 Å². The smallest absolute Gasteiger partial charge is 0.335 e. The van der Waals surface area contributed by atoms with E-state index < -0.39 is 17.6 Å². The van der Waals surface area contributed by atoms with Crippen molar-refractivity contribution in [2.24, 2.45) is 0 Å². The van der Waals surface area contributed by atoms with Crippen LogP contribution in [0.5, 0.6) is 11.5 Å². The Bertz CT molecular complexity index is 828. The van der Waals surface area contributed by atoms with Crippen LogP contribution in [0.2, 0.25) is 0 Å². The lowest BCUT2D eigenvalue weighted by molar-refractivity contribution is 0.0697. The number of fused-ring (bicyclic) bond motifs is 1. The number of rotatable bonds is 3. The van der Waals surface area contributed by atoms with Crippen LogP contribution in [0.25, 0.3) is 5.57 Å². The second kappa shape index (κ2) is 5.72. The molecule has 0 amide bonds. The van der Waals surface area contributed by atoms with Crippen molar-refractivity contribution in [3.8, 4) is 11.5 Å². The Morgan fingerprint density at radius 3 is 2.74 bits per heavy atom. The van der Waals surface area contributed by atoms with E-state index in [0.29, 0.717) is 16.9 Å². The van der Waals surface area contributed by atoms with Gasteiger partial charge >= 0.3 is 5.97 Å². The molecule has 0 atom stereocenters. The summed E-state index contributed by atoms with van der Waals surface area (Å²) < 4.78 is 38.5. The zero-order chi connectivity index (χ0) is 16.6. The molecule has 118 valence electrons. The third-order valence-electron chi connectivity index (χ3n) is 3.59. The number of methoxy groups -OCH3 is 1. The highest BCUT2D eigenvalue weighted by Gasteiger charge is 2.24. The Hall–Kier alpha value is -2.89. The molecule has 1 heterocycles. The molecule has 6 heteroatoms. The van der Waals surface area contributed by atoms with E-state index in [1.807, 2.05) is 0 Å². The minimum Gasteiger partial charge on any atom is -0.496 e.